The molecule has 2 aromatic carbocycles. The summed E-state index contributed by atoms with van der Waals surface area (Å²) < 4.78 is 11.9. The predicted octanol–water partition coefficient (Wildman–Crippen LogP) is 3.00. The minimum atomic E-state index is 0.0506. The summed E-state index contributed by atoms with van der Waals surface area (Å²) >= 11 is 3.38. The van der Waals surface area contributed by atoms with Gasteiger partial charge in [-0.3, -0.25) is 0 Å². The second-order valence-electron chi connectivity index (χ2n) is 4.14. The molecule has 6 heteroatoms. The number of halogens is 1. The lowest BCUT2D eigenvalue weighted by molar-refractivity contribution is 0.216. The van der Waals surface area contributed by atoms with Crippen LogP contribution in [-0.4, -0.2) is 24.3 Å². The Hall–Kier alpha value is -2.21. The minimum Gasteiger partial charge on any atom is -0.490 e. The molecule has 3 N–H and O–H groups in total. The highest BCUT2D eigenvalue weighted by Crippen LogP contribution is 2.26. The Morgan fingerprint density at radius 3 is 2.48 bits per heavy atom. The smallest absolute Gasteiger partial charge is 0.170 e. The molecule has 0 aliphatic heterocycles. The topological polar surface area (TPSA) is 77.1 Å². The Morgan fingerprint density at radius 2 is 1.81 bits per heavy atom. The van der Waals surface area contributed by atoms with E-state index in [9.17, 15) is 0 Å². The lowest BCUT2D eigenvalue weighted by Gasteiger charge is -2.10. The summed E-state index contributed by atoms with van der Waals surface area (Å²) in [6.07, 6.45) is 0. The highest BCUT2D eigenvalue weighted by atomic mass is 79.9. The van der Waals surface area contributed by atoms with Gasteiger partial charge in [-0.15, -0.1) is 0 Å². The van der Waals surface area contributed by atoms with Gasteiger partial charge in [0, 0.05) is 5.56 Å². The molecule has 110 valence electrons. The van der Waals surface area contributed by atoms with Crippen molar-refractivity contribution in [3.05, 3.63) is 58.6 Å². The van der Waals surface area contributed by atoms with Gasteiger partial charge in [-0.25, -0.2) is 0 Å². The van der Waals surface area contributed by atoms with Crippen molar-refractivity contribution in [1.82, 2.24) is 0 Å². The third-order valence-electron chi connectivity index (χ3n) is 2.69. The van der Waals surface area contributed by atoms with Crippen molar-refractivity contribution in [2.75, 3.05) is 13.2 Å². The summed E-state index contributed by atoms with van der Waals surface area (Å²) in [4.78, 5) is 0. The van der Waals surface area contributed by atoms with E-state index in [1.54, 1.807) is 18.2 Å². The largest absolute Gasteiger partial charge is 0.490 e. The second-order valence-corrected chi connectivity index (χ2v) is 4.99. The Morgan fingerprint density at radius 1 is 1.10 bits per heavy atom. The molecular weight excluding hydrogens is 336 g/mol. The van der Waals surface area contributed by atoms with E-state index in [1.807, 2.05) is 30.3 Å². The van der Waals surface area contributed by atoms with E-state index >= 15 is 0 Å². The third-order valence-corrected chi connectivity index (χ3v) is 3.31. The molecular formula is C15H15BrN2O3. The number of benzene rings is 2. The van der Waals surface area contributed by atoms with E-state index in [-0.39, 0.29) is 5.84 Å². The van der Waals surface area contributed by atoms with Gasteiger partial charge < -0.3 is 20.4 Å². The molecule has 0 bridgehead atoms. The Bertz CT molecular complexity index is 618. The van der Waals surface area contributed by atoms with Crippen LogP contribution >= 0.6 is 15.9 Å². The number of ether oxygens (including phenoxy) is 2. The maximum Gasteiger partial charge on any atom is 0.170 e. The summed E-state index contributed by atoms with van der Waals surface area (Å²) in [5.74, 6) is 1.53. The molecule has 0 saturated heterocycles. The average molecular weight is 351 g/mol. The molecule has 0 fully saturated rings. The Labute approximate surface area is 131 Å². The zero-order chi connectivity index (χ0) is 15.1. The standard InChI is InChI=1S/C15H15BrN2O3/c16-13-10-11(15(17)18-19)6-7-14(13)21-9-8-20-12-4-2-1-3-5-12/h1-7,10,19H,8-9H2,(H2,17,18). The minimum absolute atomic E-state index is 0.0506. The van der Waals surface area contributed by atoms with Crippen LogP contribution in [0.4, 0.5) is 0 Å². The fourth-order valence-corrected chi connectivity index (χ4v) is 2.16. The maximum absolute atomic E-state index is 8.63. The number of rotatable bonds is 6. The fourth-order valence-electron chi connectivity index (χ4n) is 1.66. The van der Waals surface area contributed by atoms with Crippen LogP contribution in [0.25, 0.3) is 0 Å². The lowest BCUT2D eigenvalue weighted by atomic mass is 10.2. The van der Waals surface area contributed by atoms with E-state index in [0.29, 0.717) is 24.5 Å². The van der Waals surface area contributed by atoms with Crippen molar-refractivity contribution in [2.24, 2.45) is 10.9 Å². The van der Waals surface area contributed by atoms with E-state index in [1.165, 1.54) is 0 Å². The van der Waals surface area contributed by atoms with E-state index in [2.05, 4.69) is 21.1 Å². The number of amidine groups is 1. The first kappa shape index (κ1) is 15.2. The first-order chi connectivity index (χ1) is 10.2. The highest BCUT2D eigenvalue weighted by molar-refractivity contribution is 9.10. The predicted molar refractivity (Wildman–Crippen MR) is 84.1 cm³/mol. The second kappa shape index (κ2) is 7.54. The highest BCUT2D eigenvalue weighted by Gasteiger charge is 2.05. The van der Waals surface area contributed by atoms with Crippen LogP contribution in [0, 0.1) is 0 Å². The molecule has 5 nitrogen and oxygen atoms in total. The molecule has 0 heterocycles. The van der Waals surface area contributed by atoms with Gasteiger partial charge in [0.2, 0.25) is 0 Å². The number of oxime groups is 1. The molecule has 0 aromatic heterocycles. The SMILES string of the molecule is N/C(=N/O)c1ccc(OCCOc2ccccc2)c(Br)c1. The number of nitrogens with two attached hydrogens (primary N) is 1. The van der Waals surface area contributed by atoms with Gasteiger partial charge in [-0.2, -0.15) is 0 Å². The van der Waals surface area contributed by atoms with Crippen LogP contribution < -0.4 is 15.2 Å². The van der Waals surface area contributed by atoms with Gasteiger partial charge in [-0.1, -0.05) is 23.4 Å². The van der Waals surface area contributed by atoms with Gasteiger partial charge in [-0.05, 0) is 46.3 Å². The van der Waals surface area contributed by atoms with Gasteiger partial charge >= 0.3 is 0 Å². The van der Waals surface area contributed by atoms with Crippen molar-refractivity contribution >= 4 is 21.8 Å². The van der Waals surface area contributed by atoms with Gasteiger partial charge in [0.05, 0.1) is 4.47 Å². The van der Waals surface area contributed by atoms with Crippen molar-refractivity contribution in [3.8, 4) is 11.5 Å². The zero-order valence-corrected chi connectivity index (χ0v) is 12.8. The molecule has 0 aliphatic rings. The van der Waals surface area contributed by atoms with E-state index < -0.39 is 0 Å². The first-order valence-electron chi connectivity index (χ1n) is 6.29. The van der Waals surface area contributed by atoms with Crippen LogP contribution in [0.3, 0.4) is 0 Å². The van der Waals surface area contributed by atoms with Crippen LogP contribution in [0.1, 0.15) is 5.56 Å². The summed E-state index contributed by atoms with van der Waals surface area (Å²) in [6.45, 7) is 0.856. The van der Waals surface area contributed by atoms with Gasteiger partial charge in [0.25, 0.3) is 0 Å². The quantitative estimate of drug-likeness (QED) is 0.276. The average Bonchev–Trinajstić information content (AvgIpc) is 2.53. The molecule has 0 spiro atoms. The summed E-state index contributed by atoms with van der Waals surface area (Å²) in [5, 5.41) is 11.6. The van der Waals surface area contributed by atoms with Gasteiger partial charge in [0.1, 0.15) is 24.7 Å². The van der Waals surface area contributed by atoms with Crippen molar-refractivity contribution in [3.63, 3.8) is 0 Å². The normalized spacial score (nSPS) is 11.2. The molecule has 0 saturated carbocycles. The van der Waals surface area contributed by atoms with Crippen LogP contribution in [0.15, 0.2) is 58.2 Å². The van der Waals surface area contributed by atoms with E-state index in [4.69, 9.17) is 20.4 Å². The van der Waals surface area contributed by atoms with E-state index in [0.717, 1.165) is 10.2 Å². The first-order valence-corrected chi connectivity index (χ1v) is 7.08. The zero-order valence-electron chi connectivity index (χ0n) is 11.2. The molecule has 2 rings (SSSR count). The Balaban J connectivity index is 1.86. The summed E-state index contributed by atoms with van der Waals surface area (Å²) in [5.41, 5.74) is 6.13. The number of hydrogen-bond donors (Lipinski definition) is 2. The van der Waals surface area contributed by atoms with Crippen LogP contribution in [-0.2, 0) is 0 Å². The molecule has 0 amide bonds. The maximum atomic E-state index is 8.63. The van der Waals surface area contributed by atoms with Crippen molar-refractivity contribution < 1.29 is 14.7 Å². The Kier molecular flexibility index (Phi) is 5.45. The summed E-state index contributed by atoms with van der Waals surface area (Å²) in [6, 6.07) is 14.7. The molecule has 21 heavy (non-hydrogen) atoms. The number of hydrogen-bond acceptors (Lipinski definition) is 4. The summed E-state index contributed by atoms with van der Waals surface area (Å²) in [7, 11) is 0. The molecule has 0 radical (unpaired) electrons. The lowest BCUT2D eigenvalue weighted by Crippen LogP contribution is -2.13. The number of nitrogens with zero attached hydrogens (tertiary/aromatic N) is 1. The number of para-hydroxylation sites is 1. The molecule has 0 atom stereocenters. The molecule has 0 unspecified atom stereocenters. The molecule has 2 aromatic rings. The monoisotopic (exact) mass is 350 g/mol. The van der Waals surface area contributed by atoms with Crippen molar-refractivity contribution in [1.29, 1.82) is 0 Å². The fraction of sp³-hybridized carbons (Fsp3) is 0.133. The van der Waals surface area contributed by atoms with Crippen LogP contribution in [0.2, 0.25) is 0 Å². The third kappa shape index (κ3) is 4.39. The van der Waals surface area contributed by atoms with Crippen LogP contribution in [0.5, 0.6) is 11.5 Å². The molecule has 0 aliphatic carbocycles. The van der Waals surface area contributed by atoms with Gasteiger partial charge in [0.15, 0.2) is 5.84 Å². The van der Waals surface area contributed by atoms with Crippen molar-refractivity contribution in [2.45, 2.75) is 0 Å².